The van der Waals surface area contributed by atoms with Crippen molar-refractivity contribution in [3.8, 4) is 16.3 Å². The molecule has 2 aromatic carbocycles. The third-order valence-electron chi connectivity index (χ3n) is 4.29. The van der Waals surface area contributed by atoms with Crippen LogP contribution in [0.2, 0.25) is 0 Å². The Morgan fingerprint density at radius 1 is 1.07 bits per heavy atom. The Labute approximate surface area is 171 Å². The Balaban J connectivity index is 1.28. The second kappa shape index (κ2) is 8.79. The molecule has 0 aliphatic rings. The van der Waals surface area contributed by atoms with Crippen LogP contribution < -0.4 is 10.1 Å². The number of hydrogen-bond acceptors (Lipinski definition) is 5. The number of nitrogens with zero attached hydrogens (tertiary/aromatic N) is 2. The summed E-state index contributed by atoms with van der Waals surface area (Å²) >= 11 is 1.17. The molecule has 0 aliphatic heterocycles. The molecule has 0 fully saturated rings. The number of aromatic nitrogens is 2. The maximum absolute atomic E-state index is 13.9. The van der Waals surface area contributed by atoms with E-state index in [1.165, 1.54) is 23.6 Å². The highest BCUT2D eigenvalue weighted by Gasteiger charge is 2.13. The topological polar surface area (TPSA) is 64.1 Å². The van der Waals surface area contributed by atoms with E-state index in [0.717, 1.165) is 16.7 Å². The van der Waals surface area contributed by atoms with Crippen LogP contribution in [-0.2, 0) is 0 Å². The highest BCUT2D eigenvalue weighted by Crippen LogP contribution is 2.27. The van der Waals surface area contributed by atoms with Crippen LogP contribution in [0.15, 0.2) is 67.0 Å². The lowest BCUT2D eigenvalue weighted by Gasteiger charge is -2.09. The number of pyridine rings is 1. The van der Waals surface area contributed by atoms with Gasteiger partial charge in [-0.2, -0.15) is 0 Å². The second-order valence-corrected chi connectivity index (χ2v) is 7.33. The van der Waals surface area contributed by atoms with Gasteiger partial charge in [0.25, 0.3) is 5.91 Å². The van der Waals surface area contributed by atoms with Gasteiger partial charge in [-0.05, 0) is 30.7 Å². The largest absolute Gasteiger partial charge is 0.491 e. The highest BCUT2D eigenvalue weighted by atomic mass is 32.1. The van der Waals surface area contributed by atoms with Crippen LogP contribution in [0, 0.1) is 5.82 Å². The molecule has 0 saturated carbocycles. The van der Waals surface area contributed by atoms with E-state index in [1.54, 1.807) is 24.4 Å². The summed E-state index contributed by atoms with van der Waals surface area (Å²) in [5, 5.41) is 4.35. The summed E-state index contributed by atoms with van der Waals surface area (Å²) in [5.41, 5.74) is 1.22. The van der Waals surface area contributed by atoms with E-state index >= 15 is 0 Å². The van der Waals surface area contributed by atoms with Crippen LogP contribution >= 0.6 is 11.3 Å². The zero-order valence-corrected chi connectivity index (χ0v) is 16.3. The Hall–Kier alpha value is -3.32. The number of hydrogen-bond donors (Lipinski definition) is 1. The number of nitrogens with one attached hydrogen (secondary N) is 1. The van der Waals surface area contributed by atoms with Crippen LogP contribution in [-0.4, -0.2) is 29.0 Å². The molecule has 0 aliphatic carbocycles. The van der Waals surface area contributed by atoms with Crippen molar-refractivity contribution < 1.29 is 13.9 Å². The van der Waals surface area contributed by atoms with Crippen molar-refractivity contribution >= 4 is 28.1 Å². The molecule has 4 aromatic rings. The first-order valence-electron chi connectivity index (χ1n) is 9.18. The first-order chi connectivity index (χ1) is 14.2. The Morgan fingerprint density at radius 3 is 2.83 bits per heavy atom. The van der Waals surface area contributed by atoms with Gasteiger partial charge in [0.2, 0.25) is 0 Å². The van der Waals surface area contributed by atoms with Gasteiger partial charge in [-0.15, -0.1) is 11.3 Å². The van der Waals surface area contributed by atoms with Gasteiger partial charge in [-0.1, -0.05) is 30.3 Å². The fourth-order valence-corrected chi connectivity index (χ4v) is 3.73. The summed E-state index contributed by atoms with van der Waals surface area (Å²) < 4.78 is 19.7. The van der Waals surface area contributed by atoms with E-state index in [1.807, 2.05) is 30.3 Å². The van der Waals surface area contributed by atoms with Gasteiger partial charge in [-0.3, -0.25) is 9.78 Å². The van der Waals surface area contributed by atoms with Crippen molar-refractivity contribution in [1.29, 1.82) is 0 Å². The molecule has 1 N–H and O–H groups in total. The highest BCUT2D eigenvalue weighted by molar-refractivity contribution is 7.16. The van der Waals surface area contributed by atoms with E-state index in [9.17, 15) is 9.18 Å². The summed E-state index contributed by atoms with van der Waals surface area (Å²) in [6, 6.07) is 16.1. The van der Waals surface area contributed by atoms with Gasteiger partial charge in [0.1, 0.15) is 27.0 Å². The Bertz CT molecular complexity index is 1140. The van der Waals surface area contributed by atoms with Gasteiger partial charge in [0.05, 0.1) is 12.8 Å². The predicted octanol–water partition coefficient (Wildman–Crippen LogP) is 4.70. The van der Waals surface area contributed by atoms with Gasteiger partial charge in [0.15, 0.2) is 0 Å². The molecule has 1 amide bonds. The maximum atomic E-state index is 13.9. The molecular formula is C22H18FN3O2S. The fourth-order valence-electron chi connectivity index (χ4n) is 2.87. The van der Waals surface area contributed by atoms with Crippen LogP contribution in [0.1, 0.15) is 16.1 Å². The van der Waals surface area contributed by atoms with E-state index in [4.69, 9.17) is 4.74 Å². The lowest BCUT2D eigenvalue weighted by Crippen LogP contribution is -2.24. The standard InChI is InChI=1S/C22H18FN3O2S/c23-17-9-2-1-8-16(17)22-26-14-19(29-22)21(27)25-12-5-13-28-18-10-3-6-15-7-4-11-24-20(15)18/h1-4,6-11,14H,5,12-13H2,(H,25,27). The molecule has 5 nitrogen and oxygen atoms in total. The van der Waals surface area contributed by atoms with E-state index in [0.29, 0.717) is 35.0 Å². The summed E-state index contributed by atoms with van der Waals surface area (Å²) in [5.74, 6) is 0.150. The zero-order chi connectivity index (χ0) is 20.1. The first kappa shape index (κ1) is 19.0. The van der Waals surface area contributed by atoms with Crippen molar-refractivity contribution in [2.45, 2.75) is 6.42 Å². The van der Waals surface area contributed by atoms with Crippen molar-refractivity contribution in [2.75, 3.05) is 13.2 Å². The molecule has 29 heavy (non-hydrogen) atoms. The van der Waals surface area contributed by atoms with Crippen molar-refractivity contribution in [2.24, 2.45) is 0 Å². The average molecular weight is 407 g/mol. The molecule has 0 bridgehead atoms. The third-order valence-corrected chi connectivity index (χ3v) is 5.32. The monoisotopic (exact) mass is 407 g/mol. The van der Waals surface area contributed by atoms with Crippen LogP contribution in [0.3, 0.4) is 0 Å². The minimum Gasteiger partial charge on any atom is -0.491 e. The minimum atomic E-state index is -0.353. The molecule has 2 aromatic heterocycles. The summed E-state index contributed by atoms with van der Waals surface area (Å²) in [7, 11) is 0. The number of benzene rings is 2. The maximum Gasteiger partial charge on any atom is 0.263 e. The van der Waals surface area contributed by atoms with Gasteiger partial charge < -0.3 is 10.1 Å². The van der Waals surface area contributed by atoms with E-state index in [2.05, 4.69) is 15.3 Å². The normalized spacial score (nSPS) is 10.8. The molecule has 2 heterocycles. The first-order valence-corrected chi connectivity index (χ1v) is 9.99. The third kappa shape index (κ3) is 4.41. The number of thiazole rings is 1. The van der Waals surface area contributed by atoms with Gasteiger partial charge in [-0.25, -0.2) is 9.37 Å². The number of fused-ring (bicyclic) bond motifs is 1. The number of rotatable bonds is 7. The predicted molar refractivity (Wildman–Crippen MR) is 112 cm³/mol. The van der Waals surface area contributed by atoms with Crippen LogP contribution in [0.5, 0.6) is 5.75 Å². The smallest absolute Gasteiger partial charge is 0.263 e. The molecule has 4 rings (SSSR count). The molecular weight excluding hydrogens is 389 g/mol. The molecule has 0 unspecified atom stereocenters. The summed E-state index contributed by atoms with van der Waals surface area (Å²) in [6.45, 7) is 0.920. The summed E-state index contributed by atoms with van der Waals surface area (Å²) in [4.78, 5) is 21.3. The van der Waals surface area contributed by atoms with Gasteiger partial charge in [0, 0.05) is 23.7 Å². The zero-order valence-electron chi connectivity index (χ0n) is 15.5. The summed E-state index contributed by atoms with van der Waals surface area (Å²) in [6.07, 6.45) is 3.86. The van der Waals surface area contributed by atoms with Gasteiger partial charge >= 0.3 is 0 Å². The lowest BCUT2D eigenvalue weighted by molar-refractivity contribution is 0.0955. The molecule has 0 atom stereocenters. The van der Waals surface area contributed by atoms with Crippen LogP contribution in [0.25, 0.3) is 21.5 Å². The molecule has 0 spiro atoms. The molecule has 0 saturated heterocycles. The quantitative estimate of drug-likeness (QED) is 0.451. The number of ether oxygens (including phenoxy) is 1. The van der Waals surface area contributed by atoms with Crippen molar-refractivity contribution in [3.05, 3.63) is 77.7 Å². The SMILES string of the molecule is O=C(NCCCOc1cccc2cccnc12)c1cnc(-c2ccccc2F)s1. The Kier molecular flexibility index (Phi) is 5.76. The number of para-hydroxylation sites is 1. The van der Waals surface area contributed by atoms with E-state index in [-0.39, 0.29) is 11.7 Å². The Morgan fingerprint density at radius 2 is 1.93 bits per heavy atom. The number of amides is 1. The van der Waals surface area contributed by atoms with E-state index < -0.39 is 0 Å². The fraction of sp³-hybridized carbons (Fsp3) is 0.136. The molecule has 146 valence electrons. The van der Waals surface area contributed by atoms with Crippen molar-refractivity contribution in [3.63, 3.8) is 0 Å². The number of carbonyl (C=O) groups is 1. The molecule has 7 heteroatoms. The number of carbonyl (C=O) groups excluding carboxylic acids is 1. The van der Waals surface area contributed by atoms with Crippen LogP contribution in [0.4, 0.5) is 4.39 Å². The molecule has 0 radical (unpaired) electrons. The minimum absolute atomic E-state index is 0.225. The second-order valence-electron chi connectivity index (χ2n) is 6.30. The lowest BCUT2D eigenvalue weighted by atomic mass is 10.2. The average Bonchev–Trinajstić information content (AvgIpc) is 3.24. The number of halogens is 1. The van der Waals surface area contributed by atoms with Crippen molar-refractivity contribution in [1.82, 2.24) is 15.3 Å².